The Labute approximate surface area is 125 Å². The standard InChI is InChI=1S/C11H8Br2N4O2/c12-7-3-6(9(18)8(13)4-7)5-16-17-11(19)10-14-1-2-15-10/h1-5,18H,(H,14,15)(H,17,19)/b16-5+. The molecule has 2 aromatic rings. The van der Waals surface area contributed by atoms with Crippen LogP contribution >= 0.6 is 31.9 Å². The van der Waals surface area contributed by atoms with Crippen LogP contribution in [0.25, 0.3) is 0 Å². The smallest absolute Gasteiger partial charge is 0.307 e. The minimum absolute atomic E-state index is 0.0409. The summed E-state index contributed by atoms with van der Waals surface area (Å²) >= 11 is 6.50. The molecular formula is C11H8Br2N4O2. The van der Waals surface area contributed by atoms with Crippen molar-refractivity contribution >= 4 is 44.0 Å². The Hall–Kier alpha value is -1.67. The molecule has 19 heavy (non-hydrogen) atoms. The van der Waals surface area contributed by atoms with Crippen LogP contribution in [0.4, 0.5) is 0 Å². The molecule has 0 saturated heterocycles. The quantitative estimate of drug-likeness (QED) is 0.557. The van der Waals surface area contributed by atoms with Crippen LogP contribution in [0, 0.1) is 0 Å². The highest BCUT2D eigenvalue weighted by Crippen LogP contribution is 2.30. The molecule has 3 N–H and O–H groups in total. The molecule has 1 amide bonds. The average molecular weight is 388 g/mol. The van der Waals surface area contributed by atoms with Crippen molar-refractivity contribution in [1.82, 2.24) is 15.4 Å². The summed E-state index contributed by atoms with van der Waals surface area (Å²) < 4.78 is 1.30. The molecule has 1 heterocycles. The number of aromatic hydroxyl groups is 1. The number of nitrogens with one attached hydrogen (secondary N) is 2. The number of carbonyl (C=O) groups is 1. The van der Waals surface area contributed by atoms with Crippen molar-refractivity contribution in [2.75, 3.05) is 0 Å². The third-order valence-corrected chi connectivity index (χ3v) is 3.20. The van der Waals surface area contributed by atoms with Crippen LogP contribution in [0.3, 0.4) is 0 Å². The normalized spacial score (nSPS) is 10.8. The molecule has 8 heteroatoms. The molecule has 0 aliphatic carbocycles. The second kappa shape index (κ2) is 5.98. The summed E-state index contributed by atoms with van der Waals surface area (Å²) in [7, 11) is 0. The van der Waals surface area contributed by atoms with Crippen molar-refractivity contribution in [1.29, 1.82) is 0 Å². The highest BCUT2D eigenvalue weighted by Gasteiger charge is 2.07. The van der Waals surface area contributed by atoms with E-state index in [0.29, 0.717) is 10.0 Å². The van der Waals surface area contributed by atoms with E-state index in [1.54, 1.807) is 12.1 Å². The van der Waals surface area contributed by atoms with Crippen LogP contribution in [0.15, 0.2) is 38.6 Å². The molecule has 0 spiro atoms. The Kier molecular flexibility index (Phi) is 4.33. The summed E-state index contributed by atoms with van der Waals surface area (Å²) in [6, 6.07) is 3.37. The third kappa shape index (κ3) is 3.42. The number of carbonyl (C=O) groups excluding carboxylic acids is 1. The Morgan fingerprint density at radius 3 is 2.95 bits per heavy atom. The molecule has 1 aromatic carbocycles. The molecule has 1 aromatic heterocycles. The van der Waals surface area contributed by atoms with Crippen molar-refractivity contribution < 1.29 is 9.90 Å². The molecular weight excluding hydrogens is 380 g/mol. The van der Waals surface area contributed by atoms with Crippen LogP contribution < -0.4 is 5.43 Å². The van der Waals surface area contributed by atoms with E-state index in [1.165, 1.54) is 18.6 Å². The predicted molar refractivity (Wildman–Crippen MR) is 77.2 cm³/mol. The van der Waals surface area contributed by atoms with E-state index in [4.69, 9.17) is 0 Å². The molecule has 2 rings (SSSR count). The fourth-order valence-electron chi connectivity index (χ4n) is 1.29. The van der Waals surface area contributed by atoms with E-state index < -0.39 is 5.91 Å². The van der Waals surface area contributed by atoms with Crippen molar-refractivity contribution in [3.63, 3.8) is 0 Å². The van der Waals surface area contributed by atoms with E-state index in [2.05, 4.69) is 52.4 Å². The van der Waals surface area contributed by atoms with Gasteiger partial charge in [-0.2, -0.15) is 5.10 Å². The Morgan fingerprint density at radius 2 is 2.26 bits per heavy atom. The van der Waals surface area contributed by atoms with Gasteiger partial charge in [0.2, 0.25) is 0 Å². The Bertz CT molecular complexity index is 626. The van der Waals surface area contributed by atoms with Gasteiger partial charge in [-0.1, -0.05) is 15.9 Å². The second-order valence-electron chi connectivity index (χ2n) is 3.46. The number of phenols is 1. The monoisotopic (exact) mass is 386 g/mol. The number of halogens is 2. The van der Waals surface area contributed by atoms with Gasteiger partial charge in [0.1, 0.15) is 5.75 Å². The zero-order valence-corrected chi connectivity index (χ0v) is 12.6. The van der Waals surface area contributed by atoms with E-state index in [1.807, 2.05) is 0 Å². The lowest BCUT2D eigenvalue weighted by molar-refractivity contribution is 0.0945. The number of H-pyrrole nitrogens is 1. The second-order valence-corrected chi connectivity index (χ2v) is 5.23. The molecule has 6 nitrogen and oxygen atoms in total. The number of amides is 1. The number of aromatic nitrogens is 2. The number of hydrogen-bond donors (Lipinski definition) is 3. The first kappa shape index (κ1) is 13.8. The van der Waals surface area contributed by atoms with Gasteiger partial charge >= 0.3 is 5.91 Å². The van der Waals surface area contributed by atoms with Gasteiger partial charge in [-0.15, -0.1) is 0 Å². The molecule has 0 saturated carbocycles. The van der Waals surface area contributed by atoms with Crippen molar-refractivity contribution in [3.05, 3.63) is 44.9 Å². The lowest BCUT2D eigenvalue weighted by atomic mass is 10.2. The maximum absolute atomic E-state index is 11.5. The minimum Gasteiger partial charge on any atom is -0.506 e. The van der Waals surface area contributed by atoms with Gasteiger partial charge < -0.3 is 10.1 Å². The molecule has 0 aliphatic heterocycles. The first-order valence-corrected chi connectivity index (χ1v) is 6.67. The maximum atomic E-state index is 11.5. The van der Waals surface area contributed by atoms with E-state index in [-0.39, 0.29) is 11.6 Å². The summed E-state index contributed by atoms with van der Waals surface area (Å²) in [5, 5.41) is 13.5. The van der Waals surface area contributed by atoms with E-state index in [9.17, 15) is 9.90 Å². The third-order valence-electron chi connectivity index (χ3n) is 2.14. The molecule has 0 bridgehead atoms. The SMILES string of the molecule is O=C(N/N=C/c1cc(Br)cc(Br)c1O)c1ncc[nH]1. The average Bonchev–Trinajstić information content (AvgIpc) is 2.88. The van der Waals surface area contributed by atoms with Crippen LogP contribution in [0.2, 0.25) is 0 Å². The summed E-state index contributed by atoms with van der Waals surface area (Å²) in [4.78, 5) is 18.0. The largest absolute Gasteiger partial charge is 0.506 e. The van der Waals surface area contributed by atoms with Gasteiger partial charge in [0, 0.05) is 22.4 Å². The number of hydrogen-bond acceptors (Lipinski definition) is 4. The summed E-state index contributed by atoms with van der Waals surface area (Å²) in [5.74, 6) is -0.259. The number of benzene rings is 1. The van der Waals surface area contributed by atoms with Crippen molar-refractivity contribution in [2.24, 2.45) is 5.10 Å². The minimum atomic E-state index is -0.463. The fraction of sp³-hybridized carbons (Fsp3) is 0. The summed E-state index contributed by atoms with van der Waals surface area (Å²) in [6.45, 7) is 0. The predicted octanol–water partition coefficient (Wildman–Crippen LogP) is 2.40. The molecule has 98 valence electrons. The molecule has 0 fully saturated rings. The van der Waals surface area contributed by atoms with Gasteiger partial charge in [-0.05, 0) is 28.1 Å². The van der Waals surface area contributed by atoms with Crippen LogP contribution in [0.5, 0.6) is 5.75 Å². The molecule has 0 atom stereocenters. The number of rotatable bonds is 3. The van der Waals surface area contributed by atoms with Gasteiger partial charge in [0.05, 0.1) is 10.7 Å². The summed E-state index contributed by atoms with van der Waals surface area (Å²) in [5.41, 5.74) is 2.75. The number of aromatic amines is 1. The van der Waals surface area contributed by atoms with E-state index in [0.717, 1.165) is 4.47 Å². The summed E-state index contributed by atoms with van der Waals surface area (Å²) in [6.07, 6.45) is 4.34. The lowest BCUT2D eigenvalue weighted by Gasteiger charge is -2.02. The van der Waals surface area contributed by atoms with Crippen molar-refractivity contribution in [3.8, 4) is 5.75 Å². The highest BCUT2D eigenvalue weighted by atomic mass is 79.9. The van der Waals surface area contributed by atoms with Crippen LogP contribution in [0.1, 0.15) is 16.2 Å². The maximum Gasteiger partial charge on any atom is 0.307 e. The van der Waals surface area contributed by atoms with Crippen LogP contribution in [-0.4, -0.2) is 27.2 Å². The zero-order chi connectivity index (χ0) is 13.8. The van der Waals surface area contributed by atoms with E-state index >= 15 is 0 Å². The fourth-order valence-corrected chi connectivity index (χ4v) is 2.55. The Balaban J connectivity index is 2.09. The first-order chi connectivity index (χ1) is 9.08. The molecule has 0 unspecified atom stereocenters. The van der Waals surface area contributed by atoms with Gasteiger partial charge in [0.15, 0.2) is 5.82 Å². The highest BCUT2D eigenvalue weighted by molar-refractivity contribution is 9.11. The first-order valence-electron chi connectivity index (χ1n) is 5.08. The number of phenolic OH excluding ortho intramolecular Hbond substituents is 1. The van der Waals surface area contributed by atoms with Gasteiger partial charge in [-0.3, -0.25) is 4.79 Å². The molecule has 0 radical (unpaired) electrons. The number of nitrogens with zero attached hydrogens (tertiary/aromatic N) is 2. The molecule has 0 aliphatic rings. The topological polar surface area (TPSA) is 90.4 Å². The van der Waals surface area contributed by atoms with Crippen LogP contribution in [-0.2, 0) is 0 Å². The number of hydrazone groups is 1. The van der Waals surface area contributed by atoms with Gasteiger partial charge in [0.25, 0.3) is 0 Å². The number of imidazole rings is 1. The van der Waals surface area contributed by atoms with Gasteiger partial charge in [-0.25, -0.2) is 10.4 Å². The zero-order valence-electron chi connectivity index (χ0n) is 9.39. The Morgan fingerprint density at radius 1 is 1.47 bits per heavy atom. The van der Waals surface area contributed by atoms with Crippen molar-refractivity contribution in [2.45, 2.75) is 0 Å². The lowest BCUT2D eigenvalue weighted by Crippen LogP contribution is -2.18.